The van der Waals surface area contributed by atoms with Gasteiger partial charge in [0.2, 0.25) is 5.95 Å². The average molecular weight is 274 g/mol. The van der Waals surface area contributed by atoms with Crippen molar-refractivity contribution in [3.05, 3.63) is 36.0 Å². The van der Waals surface area contributed by atoms with Crippen molar-refractivity contribution in [2.45, 2.75) is 6.92 Å². The SMILES string of the molecule is CC(=O)Oc1cccc(C(=O)Nc2cnc(N)n2C)c1. The minimum atomic E-state index is -0.443. The van der Waals surface area contributed by atoms with Crippen molar-refractivity contribution in [1.82, 2.24) is 9.55 Å². The summed E-state index contributed by atoms with van der Waals surface area (Å²) >= 11 is 0. The highest BCUT2D eigenvalue weighted by molar-refractivity contribution is 6.04. The molecular formula is C13H14N4O3. The Balaban J connectivity index is 2.17. The van der Waals surface area contributed by atoms with Crippen molar-refractivity contribution in [3.63, 3.8) is 0 Å². The third kappa shape index (κ3) is 2.94. The van der Waals surface area contributed by atoms with E-state index in [1.54, 1.807) is 29.8 Å². The van der Waals surface area contributed by atoms with Gasteiger partial charge in [0.1, 0.15) is 11.6 Å². The van der Waals surface area contributed by atoms with E-state index in [0.29, 0.717) is 23.1 Å². The molecule has 0 spiro atoms. The fourth-order valence-electron chi connectivity index (χ4n) is 1.60. The first-order chi connectivity index (χ1) is 9.47. The van der Waals surface area contributed by atoms with E-state index in [2.05, 4.69) is 10.3 Å². The highest BCUT2D eigenvalue weighted by Crippen LogP contribution is 2.16. The number of benzene rings is 1. The summed E-state index contributed by atoms with van der Waals surface area (Å²) in [6.45, 7) is 1.30. The van der Waals surface area contributed by atoms with Crippen LogP contribution in [0.1, 0.15) is 17.3 Å². The Hall–Kier alpha value is -2.83. The van der Waals surface area contributed by atoms with Crippen LogP contribution < -0.4 is 15.8 Å². The second-order valence-corrected chi connectivity index (χ2v) is 4.14. The predicted molar refractivity (Wildman–Crippen MR) is 73.3 cm³/mol. The number of ether oxygens (including phenoxy) is 1. The summed E-state index contributed by atoms with van der Waals surface area (Å²) in [5.74, 6) is 0.304. The predicted octanol–water partition coefficient (Wildman–Crippen LogP) is 1.18. The van der Waals surface area contributed by atoms with Crippen molar-refractivity contribution in [2.24, 2.45) is 7.05 Å². The van der Waals surface area contributed by atoms with Crippen molar-refractivity contribution in [1.29, 1.82) is 0 Å². The second kappa shape index (κ2) is 5.43. The molecule has 0 aliphatic rings. The number of nitrogens with one attached hydrogen (secondary N) is 1. The van der Waals surface area contributed by atoms with Crippen LogP contribution >= 0.6 is 0 Å². The number of carbonyl (C=O) groups excluding carboxylic acids is 2. The molecule has 0 aliphatic carbocycles. The molecule has 1 amide bonds. The van der Waals surface area contributed by atoms with Gasteiger partial charge in [-0.2, -0.15) is 0 Å². The molecule has 7 heteroatoms. The minimum Gasteiger partial charge on any atom is -0.427 e. The van der Waals surface area contributed by atoms with Gasteiger partial charge < -0.3 is 20.4 Å². The van der Waals surface area contributed by atoms with Gasteiger partial charge >= 0.3 is 5.97 Å². The van der Waals surface area contributed by atoms with Gasteiger partial charge in [-0.25, -0.2) is 4.98 Å². The van der Waals surface area contributed by atoms with Crippen LogP contribution in [0.3, 0.4) is 0 Å². The number of anilines is 2. The largest absolute Gasteiger partial charge is 0.427 e. The monoisotopic (exact) mass is 274 g/mol. The van der Waals surface area contributed by atoms with E-state index in [4.69, 9.17) is 10.5 Å². The lowest BCUT2D eigenvalue weighted by Gasteiger charge is -2.07. The molecule has 1 aromatic heterocycles. The number of hydrogen-bond donors (Lipinski definition) is 2. The highest BCUT2D eigenvalue weighted by atomic mass is 16.5. The van der Waals surface area contributed by atoms with Gasteiger partial charge in [-0.05, 0) is 18.2 Å². The van der Waals surface area contributed by atoms with E-state index in [-0.39, 0.29) is 5.91 Å². The number of amides is 1. The first-order valence-electron chi connectivity index (χ1n) is 5.84. The molecule has 0 aliphatic heterocycles. The molecular weight excluding hydrogens is 260 g/mol. The molecule has 0 unspecified atom stereocenters. The number of rotatable bonds is 3. The fourth-order valence-corrected chi connectivity index (χ4v) is 1.60. The second-order valence-electron chi connectivity index (χ2n) is 4.14. The van der Waals surface area contributed by atoms with Crippen LogP contribution in [0, 0.1) is 0 Å². The molecule has 2 aromatic rings. The molecule has 0 fully saturated rings. The van der Waals surface area contributed by atoms with Crippen molar-refractivity contribution in [3.8, 4) is 5.75 Å². The topological polar surface area (TPSA) is 99.2 Å². The number of carbonyl (C=O) groups is 2. The lowest BCUT2D eigenvalue weighted by atomic mass is 10.2. The quantitative estimate of drug-likeness (QED) is 0.646. The number of hydrogen-bond acceptors (Lipinski definition) is 5. The van der Waals surface area contributed by atoms with Gasteiger partial charge in [-0.3, -0.25) is 9.59 Å². The van der Waals surface area contributed by atoms with Crippen molar-refractivity contribution >= 4 is 23.6 Å². The first-order valence-corrected chi connectivity index (χ1v) is 5.84. The summed E-state index contributed by atoms with van der Waals surface area (Å²) in [7, 11) is 1.69. The van der Waals surface area contributed by atoms with Gasteiger partial charge in [-0.15, -0.1) is 0 Å². The number of esters is 1. The Morgan fingerprint density at radius 3 is 2.75 bits per heavy atom. The molecule has 3 N–H and O–H groups in total. The number of nitrogen functional groups attached to an aromatic ring is 1. The summed E-state index contributed by atoms with van der Waals surface area (Å²) in [5.41, 5.74) is 5.94. The Bertz CT molecular complexity index is 663. The lowest BCUT2D eigenvalue weighted by molar-refractivity contribution is -0.131. The lowest BCUT2D eigenvalue weighted by Crippen LogP contribution is -2.15. The Kier molecular flexibility index (Phi) is 3.69. The molecule has 0 atom stereocenters. The number of nitrogens with zero attached hydrogens (tertiary/aromatic N) is 2. The summed E-state index contributed by atoms with van der Waals surface area (Å²) in [6.07, 6.45) is 1.46. The average Bonchev–Trinajstić information content (AvgIpc) is 2.70. The zero-order valence-corrected chi connectivity index (χ0v) is 11.1. The van der Waals surface area contributed by atoms with E-state index < -0.39 is 5.97 Å². The van der Waals surface area contributed by atoms with E-state index in [1.165, 1.54) is 19.2 Å². The molecule has 0 radical (unpaired) electrons. The molecule has 0 bridgehead atoms. The van der Waals surface area contributed by atoms with Gasteiger partial charge in [-0.1, -0.05) is 6.07 Å². The molecule has 2 rings (SSSR count). The maximum Gasteiger partial charge on any atom is 0.308 e. The molecule has 1 heterocycles. The zero-order valence-electron chi connectivity index (χ0n) is 11.1. The van der Waals surface area contributed by atoms with Crippen LogP contribution in [-0.2, 0) is 11.8 Å². The van der Waals surface area contributed by atoms with Crippen LogP contribution in [-0.4, -0.2) is 21.4 Å². The maximum absolute atomic E-state index is 12.1. The normalized spacial score (nSPS) is 10.1. The van der Waals surface area contributed by atoms with Crippen molar-refractivity contribution in [2.75, 3.05) is 11.1 Å². The molecule has 7 nitrogen and oxygen atoms in total. The number of aromatic nitrogens is 2. The number of imidazole rings is 1. The molecule has 104 valence electrons. The molecule has 1 aromatic carbocycles. The van der Waals surface area contributed by atoms with Crippen LogP contribution in [0.2, 0.25) is 0 Å². The van der Waals surface area contributed by atoms with E-state index in [9.17, 15) is 9.59 Å². The van der Waals surface area contributed by atoms with Gasteiger partial charge in [0, 0.05) is 19.5 Å². The van der Waals surface area contributed by atoms with Crippen molar-refractivity contribution < 1.29 is 14.3 Å². The summed E-state index contributed by atoms with van der Waals surface area (Å²) in [6, 6.07) is 6.32. The third-order valence-electron chi connectivity index (χ3n) is 2.62. The van der Waals surface area contributed by atoms with E-state index >= 15 is 0 Å². The van der Waals surface area contributed by atoms with E-state index in [1.807, 2.05) is 0 Å². The van der Waals surface area contributed by atoms with Crippen LogP contribution in [0.5, 0.6) is 5.75 Å². The number of nitrogens with two attached hydrogens (primary N) is 1. The summed E-state index contributed by atoms with van der Waals surface area (Å²) < 4.78 is 6.48. The third-order valence-corrected chi connectivity index (χ3v) is 2.62. The maximum atomic E-state index is 12.1. The zero-order chi connectivity index (χ0) is 14.7. The molecule has 0 saturated carbocycles. The summed E-state index contributed by atoms with van der Waals surface area (Å²) in [4.78, 5) is 26.8. The van der Waals surface area contributed by atoms with E-state index in [0.717, 1.165) is 0 Å². The standard InChI is InChI=1S/C13H14N4O3/c1-8(18)20-10-5-3-4-9(6-10)12(19)16-11-7-15-13(14)17(11)2/h3-7H,1-2H3,(H2,14,15)(H,16,19). The Morgan fingerprint density at radius 2 is 2.15 bits per heavy atom. The Labute approximate surface area is 115 Å². The fraction of sp³-hybridized carbons (Fsp3) is 0.154. The van der Waals surface area contributed by atoms with Gasteiger partial charge in [0.05, 0.1) is 6.20 Å². The van der Waals surface area contributed by atoms with Gasteiger partial charge in [0.25, 0.3) is 5.91 Å². The van der Waals surface area contributed by atoms with Crippen LogP contribution in [0.4, 0.5) is 11.8 Å². The minimum absolute atomic E-state index is 0.300. The van der Waals surface area contributed by atoms with Crippen LogP contribution in [0.25, 0.3) is 0 Å². The highest BCUT2D eigenvalue weighted by Gasteiger charge is 2.11. The first kappa shape index (κ1) is 13.6. The summed E-state index contributed by atoms with van der Waals surface area (Å²) in [5, 5.41) is 2.67. The molecule has 0 saturated heterocycles. The molecule has 20 heavy (non-hydrogen) atoms. The van der Waals surface area contributed by atoms with Crippen LogP contribution in [0.15, 0.2) is 30.5 Å². The van der Waals surface area contributed by atoms with Gasteiger partial charge in [0.15, 0.2) is 0 Å². The smallest absolute Gasteiger partial charge is 0.308 e. The Morgan fingerprint density at radius 1 is 1.40 bits per heavy atom.